The Bertz CT molecular complexity index is 76.6. The van der Waals surface area contributed by atoms with Gasteiger partial charge in [0.1, 0.15) is 0 Å². The summed E-state index contributed by atoms with van der Waals surface area (Å²) in [5.74, 6) is 0. The van der Waals surface area contributed by atoms with Crippen molar-refractivity contribution < 1.29 is 0 Å². The molecule has 0 N–H and O–H groups in total. The van der Waals surface area contributed by atoms with E-state index in [0.29, 0.717) is 0 Å². The van der Waals surface area contributed by atoms with E-state index in [-0.39, 0.29) is 0 Å². The second-order valence-corrected chi connectivity index (χ2v) is 3.15. The number of hydrogen-bond donors (Lipinski definition) is 0. The SMILES string of the molecule is CCCC=C(Br)CBr. The van der Waals surface area contributed by atoms with Gasteiger partial charge in [0.15, 0.2) is 0 Å². The fraction of sp³-hybridized carbons (Fsp3) is 0.667. The summed E-state index contributed by atoms with van der Waals surface area (Å²) in [5.41, 5.74) is 0. The van der Waals surface area contributed by atoms with Gasteiger partial charge in [-0.25, -0.2) is 0 Å². The van der Waals surface area contributed by atoms with Crippen LogP contribution >= 0.6 is 31.9 Å². The molecular formula is C6H10Br2. The highest BCUT2D eigenvalue weighted by Gasteiger charge is 1.83. The van der Waals surface area contributed by atoms with Gasteiger partial charge in [0.2, 0.25) is 0 Å². The minimum atomic E-state index is 0.938. The number of rotatable bonds is 3. The molecule has 0 aromatic heterocycles. The summed E-state index contributed by atoms with van der Waals surface area (Å²) in [6, 6.07) is 0. The van der Waals surface area contributed by atoms with Crippen LogP contribution in [0.5, 0.6) is 0 Å². The van der Waals surface area contributed by atoms with E-state index in [1.54, 1.807) is 0 Å². The van der Waals surface area contributed by atoms with E-state index in [9.17, 15) is 0 Å². The normalized spacial score (nSPS) is 12.1. The molecule has 0 unspecified atom stereocenters. The van der Waals surface area contributed by atoms with Gasteiger partial charge in [-0.2, -0.15) is 0 Å². The molecule has 2 heteroatoms. The van der Waals surface area contributed by atoms with Crippen LogP contribution in [0.4, 0.5) is 0 Å². The van der Waals surface area contributed by atoms with Crippen molar-refractivity contribution in [3.63, 3.8) is 0 Å². The molecule has 0 fully saturated rings. The van der Waals surface area contributed by atoms with Crippen molar-refractivity contribution in [3.8, 4) is 0 Å². The molecule has 0 aliphatic rings. The van der Waals surface area contributed by atoms with Crippen molar-refractivity contribution in [2.75, 3.05) is 5.33 Å². The first-order valence-electron chi connectivity index (χ1n) is 2.71. The van der Waals surface area contributed by atoms with Gasteiger partial charge in [0, 0.05) is 9.81 Å². The molecule has 0 nitrogen and oxygen atoms in total. The maximum Gasteiger partial charge on any atom is 0.0346 e. The first-order valence-corrected chi connectivity index (χ1v) is 4.63. The summed E-state index contributed by atoms with van der Waals surface area (Å²) < 4.78 is 1.25. The molecule has 0 aliphatic heterocycles. The zero-order valence-electron chi connectivity index (χ0n) is 4.95. The quantitative estimate of drug-likeness (QED) is 0.664. The maximum atomic E-state index is 3.39. The third-order valence-electron chi connectivity index (χ3n) is 0.782. The third kappa shape index (κ3) is 4.85. The van der Waals surface area contributed by atoms with Crippen LogP contribution in [0.1, 0.15) is 19.8 Å². The summed E-state index contributed by atoms with van der Waals surface area (Å²) in [6.07, 6.45) is 4.59. The largest absolute Gasteiger partial charge is 0.0871 e. The maximum absolute atomic E-state index is 3.39. The van der Waals surface area contributed by atoms with Gasteiger partial charge in [-0.1, -0.05) is 51.3 Å². The smallest absolute Gasteiger partial charge is 0.0346 e. The average molecular weight is 242 g/mol. The fourth-order valence-corrected chi connectivity index (χ4v) is 0.813. The molecule has 0 aromatic carbocycles. The molecule has 0 saturated carbocycles. The Hall–Kier alpha value is 0.700. The number of allylic oxidation sites excluding steroid dienone is 2. The summed E-state index contributed by atoms with van der Waals surface area (Å²) >= 11 is 6.72. The molecule has 0 rings (SSSR count). The first kappa shape index (κ1) is 8.70. The molecule has 0 aromatic rings. The lowest BCUT2D eigenvalue weighted by Crippen LogP contribution is -1.69. The van der Waals surface area contributed by atoms with Gasteiger partial charge in [0.05, 0.1) is 0 Å². The van der Waals surface area contributed by atoms with E-state index in [1.165, 1.54) is 17.3 Å². The highest BCUT2D eigenvalue weighted by molar-refractivity contribution is 9.13. The monoisotopic (exact) mass is 240 g/mol. The lowest BCUT2D eigenvalue weighted by Gasteiger charge is -1.87. The van der Waals surface area contributed by atoms with E-state index >= 15 is 0 Å². The van der Waals surface area contributed by atoms with Crippen LogP contribution in [-0.2, 0) is 0 Å². The molecule has 48 valence electrons. The van der Waals surface area contributed by atoms with Crippen molar-refractivity contribution in [2.45, 2.75) is 19.8 Å². The lowest BCUT2D eigenvalue weighted by atomic mass is 10.3. The topological polar surface area (TPSA) is 0 Å². The predicted octanol–water partition coefficient (Wildman–Crippen LogP) is 3.46. The average Bonchev–Trinajstić information content (AvgIpc) is 1.83. The summed E-state index contributed by atoms with van der Waals surface area (Å²) in [4.78, 5) is 0. The molecule has 0 heterocycles. The minimum absolute atomic E-state index is 0.938. The van der Waals surface area contributed by atoms with Crippen molar-refractivity contribution >= 4 is 31.9 Å². The summed E-state index contributed by atoms with van der Waals surface area (Å²) in [7, 11) is 0. The van der Waals surface area contributed by atoms with E-state index in [4.69, 9.17) is 0 Å². The summed E-state index contributed by atoms with van der Waals surface area (Å²) in [6.45, 7) is 2.17. The van der Waals surface area contributed by atoms with E-state index in [1.807, 2.05) is 0 Å². The molecule has 0 spiro atoms. The Labute approximate surface area is 67.6 Å². The standard InChI is InChI=1S/C6H10Br2/c1-2-3-4-6(8)5-7/h4H,2-3,5H2,1H3. The Morgan fingerprint density at radius 1 is 1.62 bits per heavy atom. The van der Waals surface area contributed by atoms with Crippen molar-refractivity contribution in [2.24, 2.45) is 0 Å². The van der Waals surface area contributed by atoms with E-state index in [2.05, 4.69) is 44.9 Å². The molecular weight excluding hydrogens is 232 g/mol. The Morgan fingerprint density at radius 3 is 2.62 bits per heavy atom. The van der Waals surface area contributed by atoms with Gasteiger partial charge in [0.25, 0.3) is 0 Å². The highest BCUT2D eigenvalue weighted by Crippen LogP contribution is 2.09. The van der Waals surface area contributed by atoms with Crippen LogP contribution in [0, 0.1) is 0 Å². The van der Waals surface area contributed by atoms with Gasteiger partial charge < -0.3 is 0 Å². The van der Waals surface area contributed by atoms with Crippen molar-refractivity contribution in [1.82, 2.24) is 0 Å². The Balaban J connectivity index is 3.26. The predicted molar refractivity (Wildman–Crippen MR) is 45.7 cm³/mol. The molecule has 0 amide bonds. The Morgan fingerprint density at radius 2 is 2.25 bits per heavy atom. The number of unbranched alkanes of at least 4 members (excludes halogenated alkanes) is 1. The summed E-state index contributed by atoms with van der Waals surface area (Å²) in [5, 5.41) is 0.938. The van der Waals surface area contributed by atoms with E-state index < -0.39 is 0 Å². The van der Waals surface area contributed by atoms with Crippen LogP contribution in [0.3, 0.4) is 0 Å². The van der Waals surface area contributed by atoms with Crippen LogP contribution in [0.15, 0.2) is 10.6 Å². The highest BCUT2D eigenvalue weighted by atomic mass is 79.9. The zero-order chi connectivity index (χ0) is 6.41. The molecule has 0 aliphatic carbocycles. The molecule has 0 atom stereocenters. The van der Waals surface area contributed by atoms with Crippen LogP contribution in [0.2, 0.25) is 0 Å². The first-order chi connectivity index (χ1) is 3.81. The van der Waals surface area contributed by atoms with Gasteiger partial charge >= 0.3 is 0 Å². The molecule has 0 bridgehead atoms. The van der Waals surface area contributed by atoms with Crippen molar-refractivity contribution in [3.05, 3.63) is 10.6 Å². The van der Waals surface area contributed by atoms with Gasteiger partial charge in [-0.3, -0.25) is 0 Å². The second kappa shape index (κ2) is 5.83. The van der Waals surface area contributed by atoms with E-state index in [0.717, 1.165) is 5.33 Å². The molecule has 8 heavy (non-hydrogen) atoms. The molecule has 0 radical (unpaired) electrons. The third-order valence-corrected chi connectivity index (χ3v) is 2.74. The van der Waals surface area contributed by atoms with Gasteiger partial charge in [-0.15, -0.1) is 0 Å². The van der Waals surface area contributed by atoms with Crippen LogP contribution < -0.4 is 0 Å². The van der Waals surface area contributed by atoms with Gasteiger partial charge in [-0.05, 0) is 6.42 Å². The molecule has 0 saturated heterocycles. The Kier molecular flexibility index (Phi) is 6.34. The second-order valence-electron chi connectivity index (χ2n) is 1.57. The van der Waals surface area contributed by atoms with Crippen molar-refractivity contribution in [1.29, 1.82) is 0 Å². The van der Waals surface area contributed by atoms with Crippen LogP contribution in [-0.4, -0.2) is 5.33 Å². The number of halogens is 2. The minimum Gasteiger partial charge on any atom is -0.0871 e. The van der Waals surface area contributed by atoms with Crippen LogP contribution in [0.25, 0.3) is 0 Å². The fourth-order valence-electron chi connectivity index (χ4n) is 0.356. The zero-order valence-corrected chi connectivity index (χ0v) is 8.13. The number of hydrogen-bond acceptors (Lipinski definition) is 0. The number of alkyl halides is 1. The lowest BCUT2D eigenvalue weighted by molar-refractivity contribution is 0.956.